The van der Waals surface area contributed by atoms with Gasteiger partial charge >= 0.3 is 5.97 Å². The summed E-state index contributed by atoms with van der Waals surface area (Å²) in [5.74, 6) is -0.175. The van der Waals surface area contributed by atoms with Crippen molar-refractivity contribution >= 4 is 5.97 Å². The van der Waals surface area contributed by atoms with Crippen molar-refractivity contribution in [1.82, 2.24) is 0 Å². The van der Waals surface area contributed by atoms with E-state index in [0.717, 1.165) is 12.8 Å². The van der Waals surface area contributed by atoms with Crippen LogP contribution < -0.4 is 0 Å². The van der Waals surface area contributed by atoms with E-state index in [-0.39, 0.29) is 24.8 Å². The highest BCUT2D eigenvalue weighted by molar-refractivity contribution is 5.65. The molecule has 20 heavy (non-hydrogen) atoms. The summed E-state index contributed by atoms with van der Waals surface area (Å²) in [6.07, 6.45) is 3.34. The summed E-state index contributed by atoms with van der Waals surface area (Å²) in [4.78, 5) is 10.2. The first-order valence-electron chi connectivity index (χ1n) is 7.45. The van der Waals surface area contributed by atoms with Crippen LogP contribution in [0.1, 0.15) is 53.9 Å². The zero-order chi connectivity index (χ0) is 15.8. The smallest absolute Gasteiger partial charge is 0.302 e. The molecule has 0 amide bonds. The number of aliphatic hydroxyl groups excluding tert-OH is 1. The van der Waals surface area contributed by atoms with E-state index < -0.39 is 0 Å². The van der Waals surface area contributed by atoms with Gasteiger partial charge in [-0.2, -0.15) is 0 Å². The van der Waals surface area contributed by atoms with Crippen LogP contribution in [0.2, 0.25) is 0 Å². The monoisotopic (exact) mass is 292 g/mol. The molecule has 5 nitrogen and oxygen atoms in total. The van der Waals surface area contributed by atoms with Crippen molar-refractivity contribution in [3.8, 4) is 0 Å². The first-order chi connectivity index (χ1) is 9.47. The van der Waals surface area contributed by atoms with Crippen molar-refractivity contribution in [3.63, 3.8) is 0 Å². The molecule has 0 aromatic carbocycles. The second kappa shape index (κ2) is 16.4. The summed E-state index contributed by atoms with van der Waals surface area (Å²) in [7, 11) is 0. The number of carbonyl (C=O) groups is 1. The third-order valence-electron chi connectivity index (χ3n) is 2.38. The van der Waals surface area contributed by atoms with E-state index in [1.807, 2.05) is 20.8 Å². The van der Waals surface area contributed by atoms with Gasteiger partial charge in [0.2, 0.25) is 0 Å². The fourth-order valence-corrected chi connectivity index (χ4v) is 1.25. The van der Waals surface area contributed by atoms with E-state index in [9.17, 15) is 4.79 Å². The molecule has 5 heteroatoms. The van der Waals surface area contributed by atoms with Gasteiger partial charge < -0.3 is 19.3 Å². The van der Waals surface area contributed by atoms with Crippen molar-refractivity contribution in [2.45, 2.75) is 66.1 Å². The van der Waals surface area contributed by atoms with Crippen LogP contribution >= 0.6 is 0 Å². The van der Waals surface area contributed by atoms with Gasteiger partial charge in [0.1, 0.15) is 0 Å². The Balaban J connectivity index is 0. The van der Waals surface area contributed by atoms with Gasteiger partial charge in [0.25, 0.3) is 0 Å². The van der Waals surface area contributed by atoms with Gasteiger partial charge in [-0.1, -0.05) is 19.8 Å². The van der Waals surface area contributed by atoms with Gasteiger partial charge in [0, 0.05) is 13.5 Å². The van der Waals surface area contributed by atoms with Crippen LogP contribution in [-0.4, -0.2) is 49.7 Å². The van der Waals surface area contributed by atoms with Crippen LogP contribution in [0.5, 0.6) is 0 Å². The SMILES string of the molecule is CCCCCOC(C)=O.CCOC(C)COC(C)CO. The topological polar surface area (TPSA) is 65.0 Å². The summed E-state index contributed by atoms with van der Waals surface area (Å²) >= 11 is 0. The molecule has 0 saturated heterocycles. The lowest BCUT2D eigenvalue weighted by Gasteiger charge is -2.14. The first-order valence-corrected chi connectivity index (χ1v) is 7.45. The normalized spacial score (nSPS) is 13.1. The summed E-state index contributed by atoms with van der Waals surface area (Å²) in [5, 5.41) is 8.61. The molecule has 0 rings (SSSR count). The molecule has 0 aliphatic rings. The average molecular weight is 292 g/mol. The number of aliphatic hydroxyl groups is 1. The average Bonchev–Trinajstić information content (AvgIpc) is 2.42. The van der Waals surface area contributed by atoms with Crippen LogP contribution in [0, 0.1) is 0 Å². The van der Waals surface area contributed by atoms with Crippen LogP contribution in [0.3, 0.4) is 0 Å². The summed E-state index contributed by atoms with van der Waals surface area (Å²) in [6, 6.07) is 0. The van der Waals surface area contributed by atoms with Crippen molar-refractivity contribution in [3.05, 3.63) is 0 Å². The molecular weight excluding hydrogens is 260 g/mol. The molecule has 0 aromatic heterocycles. The molecule has 1 N–H and O–H groups in total. The Labute approximate surface area is 123 Å². The molecule has 0 saturated carbocycles. The minimum absolute atomic E-state index is 0.0683. The minimum atomic E-state index is -0.175. The zero-order valence-electron chi connectivity index (χ0n) is 13.7. The third kappa shape index (κ3) is 19.7. The van der Waals surface area contributed by atoms with Crippen molar-refractivity contribution in [2.24, 2.45) is 0 Å². The first kappa shape index (κ1) is 21.6. The van der Waals surface area contributed by atoms with Gasteiger partial charge in [-0.15, -0.1) is 0 Å². The lowest BCUT2D eigenvalue weighted by atomic mass is 10.3. The van der Waals surface area contributed by atoms with Gasteiger partial charge in [0.15, 0.2) is 0 Å². The number of esters is 1. The Bertz CT molecular complexity index is 208. The number of ether oxygens (including phenoxy) is 3. The van der Waals surface area contributed by atoms with Crippen molar-refractivity contribution < 1.29 is 24.1 Å². The van der Waals surface area contributed by atoms with E-state index in [2.05, 4.69) is 6.92 Å². The van der Waals surface area contributed by atoms with E-state index in [1.165, 1.54) is 13.3 Å². The molecule has 2 unspecified atom stereocenters. The van der Waals surface area contributed by atoms with Crippen LogP contribution in [0.15, 0.2) is 0 Å². The Hall–Kier alpha value is -0.650. The van der Waals surface area contributed by atoms with Gasteiger partial charge in [0.05, 0.1) is 32.0 Å². The van der Waals surface area contributed by atoms with Crippen LogP contribution in [0.4, 0.5) is 0 Å². The number of hydrogen-bond donors (Lipinski definition) is 1. The molecule has 0 aliphatic carbocycles. The van der Waals surface area contributed by atoms with E-state index in [4.69, 9.17) is 19.3 Å². The number of hydrogen-bond acceptors (Lipinski definition) is 5. The number of carbonyl (C=O) groups excluding carboxylic acids is 1. The largest absolute Gasteiger partial charge is 0.466 e. The molecule has 0 heterocycles. The van der Waals surface area contributed by atoms with E-state index >= 15 is 0 Å². The highest BCUT2D eigenvalue weighted by Crippen LogP contribution is 1.95. The summed E-state index contributed by atoms with van der Waals surface area (Å²) in [5.41, 5.74) is 0. The quantitative estimate of drug-likeness (QED) is 0.495. The molecule has 0 radical (unpaired) electrons. The Kier molecular flexibility index (Phi) is 17.8. The molecule has 122 valence electrons. The van der Waals surface area contributed by atoms with Gasteiger partial charge in [-0.25, -0.2) is 0 Å². The maximum Gasteiger partial charge on any atom is 0.302 e. The molecule has 0 aromatic rings. The van der Waals surface area contributed by atoms with E-state index in [0.29, 0.717) is 19.8 Å². The van der Waals surface area contributed by atoms with Crippen molar-refractivity contribution in [2.75, 3.05) is 26.4 Å². The highest BCUT2D eigenvalue weighted by Gasteiger charge is 2.04. The lowest BCUT2D eigenvalue weighted by molar-refractivity contribution is -0.141. The number of rotatable bonds is 10. The molecule has 0 spiro atoms. The Morgan fingerprint density at radius 1 is 1.10 bits per heavy atom. The molecular formula is C15H32O5. The standard InChI is InChI=1S/C8H18O3.C7H14O2/c1-4-10-8(3)6-11-7(2)5-9;1-3-4-5-6-9-7(2)8/h7-9H,4-6H2,1-3H3;3-6H2,1-2H3. The highest BCUT2D eigenvalue weighted by atomic mass is 16.5. The lowest BCUT2D eigenvalue weighted by Crippen LogP contribution is -2.22. The fourth-order valence-electron chi connectivity index (χ4n) is 1.25. The third-order valence-corrected chi connectivity index (χ3v) is 2.38. The maximum absolute atomic E-state index is 10.2. The Morgan fingerprint density at radius 3 is 2.20 bits per heavy atom. The predicted molar refractivity (Wildman–Crippen MR) is 79.7 cm³/mol. The second-order valence-electron chi connectivity index (χ2n) is 4.64. The molecule has 0 fully saturated rings. The number of unbranched alkanes of at least 4 members (excludes halogenated alkanes) is 2. The predicted octanol–water partition coefficient (Wildman–Crippen LogP) is 2.55. The minimum Gasteiger partial charge on any atom is -0.466 e. The maximum atomic E-state index is 10.2. The molecule has 0 aliphatic heterocycles. The Morgan fingerprint density at radius 2 is 1.75 bits per heavy atom. The van der Waals surface area contributed by atoms with Crippen molar-refractivity contribution in [1.29, 1.82) is 0 Å². The van der Waals surface area contributed by atoms with Gasteiger partial charge in [-0.05, 0) is 27.2 Å². The fraction of sp³-hybridized carbons (Fsp3) is 0.933. The summed E-state index contributed by atoms with van der Waals surface area (Å²) in [6.45, 7) is 11.2. The van der Waals surface area contributed by atoms with Gasteiger partial charge in [-0.3, -0.25) is 4.79 Å². The van der Waals surface area contributed by atoms with E-state index in [1.54, 1.807) is 0 Å². The van der Waals surface area contributed by atoms with Crippen LogP contribution in [-0.2, 0) is 19.0 Å². The summed E-state index contributed by atoms with van der Waals surface area (Å²) < 4.78 is 15.2. The molecule has 2 atom stereocenters. The molecule has 0 bridgehead atoms. The van der Waals surface area contributed by atoms with Crippen LogP contribution in [0.25, 0.3) is 0 Å². The second-order valence-corrected chi connectivity index (χ2v) is 4.64. The zero-order valence-corrected chi connectivity index (χ0v) is 13.7.